The number of hydrogen-bond donors (Lipinski definition) is 1. The van der Waals surface area contributed by atoms with Gasteiger partial charge in [-0.15, -0.1) is 10.2 Å². The topological polar surface area (TPSA) is 58.1 Å². The van der Waals surface area contributed by atoms with E-state index in [1.807, 2.05) is 23.1 Å². The predicted octanol–water partition coefficient (Wildman–Crippen LogP) is 3.82. The van der Waals surface area contributed by atoms with E-state index >= 15 is 0 Å². The van der Waals surface area contributed by atoms with E-state index in [1.165, 1.54) is 28.7 Å². The zero-order chi connectivity index (χ0) is 16.9. The Morgan fingerprint density at radius 1 is 1.42 bits per heavy atom. The van der Waals surface area contributed by atoms with Crippen LogP contribution in [0.1, 0.15) is 32.3 Å². The molecule has 0 aliphatic carbocycles. The molecule has 0 bridgehead atoms. The maximum atomic E-state index is 12.8. The molecule has 0 unspecified atom stereocenters. The van der Waals surface area contributed by atoms with E-state index in [-0.39, 0.29) is 11.9 Å². The number of carbonyl (C=O) groups excluding carboxylic acids is 1. The Morgan fingerprint density at radius 3 is 3.08 bits per heavy atom. The standard InChI is InChI=1S/C17H22N4OS2/c1-3-10-18-16-19-20-17(24-16)23-11-15(22)21-12(2)8-9-13-6-4-5-7-14(13)21/h4-7,12H,3,8-11H2,1-2H3,(H,18,19)/t12-/m0/s1. The maximum absolute atomic E-state index is 12.8. The maximum Gasteiger partial charge on any atom is 0.237 e. The van der Waals surface area contributed by atoms with Crippen LogP contribution in [-0.2, 0) is 11.2 Å². The number of carbonyl (C=O) groups is 1. The lowest BCUT2D eigenvalue weighted by Gasteiger charge is -2.35. The number of aromatic nitrogens is 2. The van der Waals surface area contributed by atoms with Gasteiger partial charge in [-0.05, 0) is 37.8 Å². The number of rotatable bonds is 6. The summed E-state index contributed by atoms with van der Waals surface area (Å²) in [5, 5.41) is 12.3. The molecule has 1 aromatic heterocycles. The van der Waals surface area contributed by atoms with Gasteiger partial charge in [-0.3, -0.25) is 4.79 Å². The number of hydrogen-bond acceptors (Lipinski definition) is 6. The molecule has 1 aliphatic heterocycles. The second-order valence-electron chi connectivity index (χ2n) is 5.87. The number of para-hydroxylation sites is 1. The van der Waals surface area contributed by atoms with Gasteiger partial charge in [-0.25, -0.2) is 0 Å². The van der Waals surface area contributed by atoms with Crippen molar-refractivity contribution in [2.45, 2.75) is 43.5 Å². The van der Waals surface area contributed by atoms with Crippen molar-refractivity contribution in [1.82, 2.24) is 10.2 Å². The van der Waals surface area contributed by atoms with E-state index < -0.39 is 0 Å². The minimum absolute atomic E-state index is 0.137. The summed E-state index contributed by atoms with van der Waals surface area (Å²) >= 11 is 2.97. The highest BCUT2D eigenvalue weighted by molar-refractivity contribution is 8.01. The summed E-state index contributed by atoms with van der Waals surface area (Å²) in [6.07, 6.45) is 3.10. The lowest BCUT2D eigenvalue weighted by Crippen LogP contribution is -2.43. The summed E-state index contributed by atoms with van der Waals surface area (Å²) in [5.41, 5.74) is 2.32. The lowest BCUT2D eigenvalue weighted by atomic mass is 9.97. The Bertz CT molecular complexity index is 703. The van der Waals surface area contributed by atoms with E-state index in [0.717, 1.165) is 41.0 Å². The Morgan fingerprint density at radius 2 is 2.25 bits per heavy atom. The first-order chi connectivity index (χ1) is 11.7. The van der Waals surface area contributed by atoms with Crippen molar-refractivity contribution in [1.29, 1.82) is 0 Å². The fourth-order valence-corrected chi connectivity index (χ4v) is 4.47. The van der Waals surface area contributed by atoms with Crippen LogP contribution in [0.4, 0.5) is 10.8 Å². The molecule has 7 heteroatoms. The van der Waals surface area contributed by atoms with E-state index in [9.17, 15) is 4.79 Å². The average Bonchev–Trinajstić information content (AvgIpc) is 3.05. The van der Waals surface area contributed by atoms with Gasteiger partial charge in [0.2, 0.25) is 11.0 Å². The molecular weight excluding hydrogens is 340 g/mol. The van der Waals surface area contributed by atoms with Crippen molar-refractivity contribution in [3.05, 3.63) is 29.8 Å². The zero-order valence-electron chi connectivity index (χ0n) is 14.0. The van der Waals surface area contributed by atoms with Crippen LogP contribution in [0.3, 0.4) is 0 Å². The molecule has 128 valence electrons. The van der Waals surface area contributed by atoms with E-state index in [4.69, 9.17) is 0 Å². The van der Waals surface area contributed by atoms with Gasteiger partial charge in [-0.1, -0.05) is 48.2 Å². The van der Waals surface area contributed by atoms with Gasteiger partial charge in [0, 0.05) is 18.3 Å². The SMILES string of the molecule is CCCNc1nnc(SCC(=O)N2c3ccccc3CC[C@@H]2C)s1. The molecular formula is C17H22N4OS2. The van der Waals surface area contributed by atoms with Crippen molar-refractivity contribution in [2.24, 2.45) is 0 Å². The molecule has 1 amide bonds. The molecule has 1 aliphatic rings. The van der Waals surface area contributed by atoms with Crippen molar-refractivity contribution in [2.75, 3.05) is 22.5 Å². The summed E-state index contributed by atoms with van der Waals surface area (Å²) in [5.74, 6) is 0.527. The highest BCUT2D eigenvalue weighted by atomic mass is 32.2. The second-order valence-corrected chi connectivity index (χ2v) is 8.07. The van der Waals surface area contributed by atoms with Crippen LogP contribution in [0.5, 0.6) is 0 Å². The Hall–Kier alpha value is -1.60. The van der Waals surface area contributed by atoms with Crippen LogP contribution in [-0.4, -0.2) is 34.4 Å². The van der Waals surface area contributed by atoms with Crippen molar-refractivity contribution in [3.8, 4) is 0 Å². The lowest BCUT2D eigenvalue weighted by molar-refractivity contribution is -0.116. The molecule has 1 N–H and O–H groups in total. The van der Waals surface area contributed by atoms with Gasteiger partial charge in [0.15, 0.2) is 4.34 Å². The number of fused-ring (bicyclic) bond motifs is 1. The number of amides is 1. The Balaban J connectivity index is 1.63. The van der Waals surface area contributed by atoms with Gasteiger partial charge in [0.25, 0.3) is 0 Å². The average molecular weight is 363 g/mol. The van der Waals surface area contributed by atoms with Gasteiger partial charge in [0.05, 0.1) is 5.75 Å². The molecule has 3 rings (SSSR count). The minimum atomic E-state index is 0.137. The molecule has 0 radical (unpaired) electrons. The number of nitrogens with one attached hydrogen (secondary N) is 1. The summed E-state index contributed by atoms with van der Waals surface area (Å²) in [7, 11) is 0. The minimum Gasteiger partial charge on any atom is -0.360 e. The third kappa shape index (κ3) is 3.89. The zero-order valence-corrected chi connectivity index (χ0v) is 15.6. The van der Waals surface area contributed by atoms with Crippen molar-refractivity contribution in [3.63, 3.8) is 0 Å². The number of benzene rings is 1. The fourth-order valence-electron chi connectivity index (χ4n) is 2.83. The van der Waals surface area contributed by atoms with Gasteiger partial charge in [0.1, 0.15) is 0 Å². The molecule has 0 saturated heterocycles. The third-order valence-corrected chi connectivity index (χ3v) is 6.04. The molecule has 0 spiro atoms. The molecule has 1 atom stereocenters. The van der Waals surface area contributed by atoms with Gasteiger partial charge >= 0.3 is 0 Å². The number of anilines is 2. The van der Waals surface area contributed by atoms with E-state index in [1.54, 1.807) is 0 Å². The predicted molar refractivity (Wildman–Crippen MR) is 101 cm³/mol. The van der Waals surface area contributed by atoms with Crippen LogP contribution < -0.4 is 10.2 Å². The van der Waals surface area contributed by atoms with Gasteiger partial charge < -0.3 is 10.2 Å². The molecule has 1 aromatic carbocycles. The summed E-state index contributed by atoms with van der Waals surface area (Å²) < 4.78 is 0.833. The normalized spacial score (nSPS) is 16.8. The Kier molecular flexibility index (Phi) is 5.73. The fraction of sp³-hybridized carbons (Fsp3) is 0.471. The van der Waals surface area contributed by atoms with Crippen LogP contribution >= 0.6 is 23.1 Å². The third-order valence-electron chi connectivity index (χ3n) is 4.04. The molecule has 5 nitrogen and oxygen atoms in total. The summed E-state index contributed by atoms with van der Waals surface area (Å²) in [4.78, 5) is 14.7. The Labute approximate surface area is 150 Å². The molecule has 2 heterocycles. The van der Waals surface area contributed by atoms with Crippen molar-refractivity contribution < 1.29 is 4.79 Å². The first-order valence-corrected chi connectivity index (χ1v) is 10.1. The number of thioether (sulfide) groups is 1. The first-order valence-electron chi connectivity index (χ1n) is 8.29. The van der Waals surface area contributed by atoms with Crippen LogP contribution in [0.25, 0.3) is 0 Å². The number of aryl methyl sites for hydroxylation is 1. The quantitative estimate of drug-likeness (QED) is 0.792. The largest absolute Gasteiger partial charge is 0.360 e. The summed E-state index contributed by atoms with van der Waals surface area (Å²) in [6, 6.07) is 8.44. The number of nitrogens with zero attached hydrogens (tertiary/aromatic N) is 3. The molecule has 2 aromatic rings. The monoisotopic (exact) mass is 362 g/mol. The highest BCUT2D eigenvalue weighted by Gasteiger charge is 2.27. The van der Waals surface area contributed by atoms with Gasteiger partial charge in [-0.2, -0.15) is 0 Å². The van der Waals surface area contributed by atoms with Crippen LogP contribution in [0.2, 0.25) is 0 Å². The first kappa shape index (κ1) is 17.2. The summed E-state index contributed by atoms with van der Waals surface area (Å²) in [6.45, 7) is 5.12. The second kappa shape index (κ2) is 7.98. The van der Waals surface area contributed by atoms with Crippen LogP contribution in [0, 0.1) is 0 Å². The van der Waals surface area contributed by atoms with Crippen LogP contribution in [0.15, 0.2) is 28.6 Å². The smallest absolute Gasteiger partial charge is 0.237 e. The van der Waals surface area contributed by atoms with E-state index in [0.29, 0.717) is 5.75 Å². The van der Waals surface area contributed by atoms with Crippen molar-refractivity contribution >= 4 is 39.8 Å². The van der Waals surface area contributed by atoms with E-state index in [2.05, 4.69) is 35.4 Å². The molecule has 0 saturated carbocycles. The molecule has 0 fully saturated rings. The molecule has 24 heavy (non-hydrogen) atoms. The highest BCUT2D eigenvalue weighted by Crippen LogP contribution is 2.32.